The maximum atomic E-state index is 12.8. The van der Waals surface area contributed by atoms with Crippen LogP contribution in [0.3, 0.4) is 0 Å². The van der Waals surface area contributed by atoms with Crippen LogP contribution < -0.4 is 14.4 Å². The maximum Gasteiger partial charge on any atom is 0.339 e. The summed E-state index contributed by atoms with van der Waals surface area (Å²) < 4.78 is 16.3. The van der Waals surface area contributed by atoms with Gasteiger partial charge in [0, 0.05) is 24.7 Å². The third-order valence-corrected chi connectivity index (χ3v) is 5.41. The average Bonchev–Trinajstić information content (AvgIpc) is 3.16. The Bertz CT molecular complexity index is 1050. The number of amides is 1. The lowest BCUT2D eigenvalue weighted by atomic mass is 10.0. The molecule has 0 bridgehead atoms. The highest BCUT2D eigenvalue weighted by molar-refractivity contribution is 6.32. The Hall–Kier alpha value is -3.06. The molecule has 0 saturated carbocycles. The molecule has 8 heteroatoms. The smallest absolute Gasteiger partial charge is 0.339 e. The van der Waals surface area contributed by atoms with E-state index in [9.17, 15) is 14.4 Å². The number of carbonyl (C=O) groups is 3. The fourth-order valence-corrected chi connectivity index (χ4v) is 3.89. The molecule has 1 atom stereocenters. The highest BCUT2D eigenvalue weighted by Gasteiger charge is 2.27. The fourth-order valence-electron chi connectivity index (χ4n) is 3.63. The van der Waals surface area contributed by atoms with E-state index in [2.05, 4.69) is 0 Å². The minimum absolute atomic E-state index is 0.0341. The Morgan fingerprint density at radius 3 is 2.63 bits per heavy atom. The first-order valence-corrected chi connectivity index (χ1v) is 9.98. The summed E-state index contributed by atoms with van der Waals surface area (Å²) in [7, 11) is 0. The first-order chi connectivity index (χ1) is 14.3. The zero-order valence-corrected chi connectivity index (χ0v) is 17.3. The zero-order chi connectivity index (χ0) is 21.4. The third kappa shape index (κ3) is 3.73. The summed E-state index contributed by atoms with van der Waals surface area (Å²) in [5.41, 5.74) is 2.34. The Balaban J connectivity index is 1.48. The van der Waals surface area contributed by atoms with E-state index >= 15 is 0 Å². The van der Waals surface area contributed by atoms with Gasteiger partial charge >= 0.3 is 5.97 Å². The lowest BCUT2D eigenvalue weighted by Crippen LogP contribution is -2.26. The first-order valence-electron chi connectivity index (χ1n) is 9.60. The quantitative estimate of drug-likeness (QED) is 0.547. The lowest BCUT2D eigenvalue weighted by Gasteiger charge is -2.20. The normalized spacial score (nSPS) is 15.4. The number of nitrogens with zero attached hydrogens (tertiary/aromatic N) is 1. The van der Waals surface area contributed by atoms with Gasteiger partial charge in [0.1, 0.15) is 13.2 Å². The molecule has 7 nitrogen and oxygen atoms in total. The van der Waals surface area contributed by atoms with Gasteiger partial charge in [-0.25, -0.2) is 4.79 Å². The highest BCUT2D eigenvalue weighted by atomic mass is 35.5. The van der Waals surface area contributed by atoms with E-state index in [0.717, 1.165) is 11.3 Å². The molecule has 0 aromatic heterocycles. The maximum absolute atomic E-state index is 12.8. The Labute approximate surface area is 178 Å². The highest BCUT2D eigenvalue weighted by Crippen LogP contribution is 2.38. The molecule has 0 fully saturated rings. The molecule has 0 N–H and O–H groups in total. The van der Waals surface area contributed by atoms with Gasteiger partial charge in [0.15, 0.2) is 17.6 Å². The first kappa shape index (κ1) is 20.2. The number of ether oxygens (including phenoxy) is 3. The van der Waals surface area contributed by atoms with Gasteiger partial charge in [-0.15, -0.1) is 0 Å². The van der Waals surface area contributed by atoms with E-state index in [1.165, 1.54) is 26.0 Å². The van der Waals surface area contributed by atoms with Crippen molar-refractivity contribution in [2.24, 2.45) is 0 Å². The van der Waals surface area contributed by atoms with E-state index in [-0.39, 0.29) is 22.3 Å². The van der Waals surface area contributed by atoms with Crippen LogP contribution in [0.5, 0.6) is 11.5 Å². The molecule has 2 aliphatic heterocycles. The van der Waals surface area contributed by atoms with Crippen molar-refractivity contribution in [3.63, 3.8) is 0 Å². The molecule has 4 rings (SSSR count). The summed E-state index contributed by atoms with van der Waals surface area (Å²) in [6.45, 7) is 4.37. The van der Waals surface area contributed by atoms with Crippen molar-refractivity contribution in [1.82, 2.24) is 0 Å². The molecule has 1 amide bonds. The van der Waals surface area contributed by atoms with Gasteiger partial charge in [-0.2, -0.15) is 0 Å². The largest absolute Gasteiger partial charge is 0.486 e. The van der Waals surface area contributed by atoms with Crippen LogP contribution in [0.15, 0.2) is 30.3 Å². The second-order valence-electron chi connectivity index (χ2n) is 7.16. The van der Waals surface area contributed by atoms with Gasteiger partial charge in [-0.05, 0) is 49.2 Å². The summed E-state index contributed by atoms with van der Waals surface area (Å²) in [6, 6.07) is 8.08. The van der Waals surface area contributed by atoms with E-state index < -0.39 is 12.1 Å². The number of fused-ring (bicyclic) bond motifs is 2. The van der Waals surface area contributed by atoms with Crippen LogP contribution in [-0.4, -0.2) is 43.5 Å². The number of rotatable bonds is 4. The van der Waals surface area contributed by atoms with Crippen molar-refractivity contribution >= 4 is 34.9 Å². The van der Waals surface area contributed by atoms with Crippen molar-refractivity contribution in [1.29, 1.82) is 0 Å². The molecule has 1 unspecified atom stereocenters. The van der Waals surface area contributed by atoms with E-state index in [1.54, 1.807) is 23.1 Å². The summed E-state index contributed by atoms with van der Waals surface area (Å²) in [4.78, 5) is 38.7. The van der Waals surface area contributed by atoms with E-state index in [1.807, 2.05) is 0 Å². The zero-order valence-electron chi connectivity index (χ0n) is 16.6. The second-order valence-corrected chi connectivity index (χ2v) is 7.57. The van der Waals surface area contributed by atoms with Crippen LogP contribution in [0.4, 0.5) is 5.69 Å². The monoisotopic (exact) mass is 429 g/mol. The predicted molar refractivity (Wildman–Crippen MR) is 110 cm³/mol. The van der Waals surface area contributed by atoms with Crippen molar-refractivity contribution < 1.29 is 28.6 Å². The molecule has 2 heterocycles. The van der Waals surface area contributed by atoms with Crippen molar-refractivity contribution in [2.45, 2.75) is 26.4 Å². The summed E-state index contributed by atoms with van der Waals surface area (Å²) in [5.74, 6) is -0.280. The molecule has 2 aromatic rings. The Kier molecular flexibility index (Phi) is 5.39. The lowest BCUT2D eigenvalue weighted by molar-refractivity contribution is -0.116. The molecule has 2 aromatic carbocycles. The molecule has 0 radical (unpaired) electrons. The standard InChI is InChI=1S/C22H20ClNO6/c1-12(20(26)15-3-4-18-14(9-15)5-6-24(18)13(2)25)30-22(27)16-10-17(23)21-19(11-16)28-7-8-29-21/h3-4,9-12H,5-8H2,1-2H3. The number of halogens is 1. The van der Waals surface area contributed by atoms with Gasteiger partial charge < -0.3 is 19.1 Å². The summed E-state index contributed by atoms with van der Waals surface area (Å²) in [5, 5.41) is 0.242. The van der Waals surface area contributed by atoms with Crippen molar-refractivity contribution in [2.75, 3.05) is 24.7 Å². The molecule has 2 aliphatic rings. The summed E-state index contributed by atoms with van der Waals surface area (Å²) >= 11 is 6.17. The molecule has 156 valence electrons. The number of anilines is 1. The molecule has 30 heavy (non-hydrogen) atoms. The number of hydrogen-bond acceptors (Lipinski definition) is 6. The van der Waals surface area contributed by atoms with Crippen LogP contribution in [0, 0.1) is 0 Å². The number of benzene rings is 2. The third-order valence-electron chi connectivity index (χ3n) is 5.13. The molecular weight excluding hydrogens is 410 g/mol. The number of esters is 1. The van der Waals surface area contributed by atoms with Gasteiger partial charge in [0.25, 0.3) is 0 Å². The number of carbonyl (C=O) groups excluding carboxylic acids is 3. The molecule has 0 spiro atoms. The predicted octanol–water partition coefficient (Wildman–Crippen LogP) is 3.45. The fraction of sp³-hybridized carbons (Fsp3) is 0.318. The average molecular weight is 430 g/mol. The van der Waals surface area contributed by atoms with Crippen molar-refractivity contribution in [3.8, 4) is 11.5 Å². The van der Waals surface area contributed by atoms with Crippen LogP contribution in [0.25, 0.3) is 0 Å². The van der Waals surface area contributed by atoms with Crippen LogP contribution >= 0.6 is 11.6 Å². The minimum atomic E-state index is -0.993. The Morgan fingerprint density at radius 2 is 1.87 bits per heavy atom. The number of Topliss-reactive ketones (excluding diaryl/α,β-unsaturated/α-hetero) is 1. The van der Waals surface area contributed by atoms with Gasteiger partial charge in [-0.3, -0.25) is 9.59 Å². The second kappa shape index (κ2) is 7.99. The van der Waals surface area contributed by atoms with Gasteiger partial charge in [0.2, 0.25) is 11.7 Å². The number of ketones is 1. The molecule has 0 aliphatic carbocycles. The van der Waals surface area contributed by atoms with Crippen LogP contribution in [0.2, 0.25) is 5.02 Å². The minimum Gasteiger partial charge on any atom is -0.486 e. The Morgan fingerprint density at radius 1 is 1.10 bits per heavy atom. The molecule has 0 saturated heterocycles. The van der Waals surface area contributed by atoms with Crippen LogP contribution in [-0.2, 0) is 16.0 Å². The van der Waals surface area contributed by atoms with E-state index in [0.29, 0.717) is 43.2 Å². The van der Waals surface area contributed by atoms with E-state index in [4.69, 9.17) is 25.8 Å². The van der Waals surface area contributed by atoms with Gasteiger partial charge in [-0.1, -0.05) is 11.6 Å². The number of hydrogen-bond donors (Lipinski definition) is 0. The SMILES string of the molecule is CC(=O)N1CCc2cc(C(=O)C(C)OC(=O)c3cc(Cl)c4c(c3)OCCO4)ccc21. The van der Waals surface area contributed by atoms with Crippen LogP contribution in [0.1, 0.15) is 40.1 Å². The summed E-state index contributed by atoms with van der Waals surface area (Å²) in [6.07, 6.45) is -0.312. The molecular formula is C22H20ClNO6. The van der Waals surface area contributed by atoms with Gasteiger partial charge in [0.05, 0.1) is 10.6 Å². The topological polar surface area (TPSA) is 82.1 Å². The van der Waals surface area contributed by atoms with Crippen molar-refractivity contribution in [3.05, 3.63) is 52.0 Å².